The van der Waals surface area contributed by atoms with Crippen LogP contribution < -0.4 is 10.2 Å². The molecule has 0 spiro atoms. The lowest BCUT2D eigenvalue weighted by Crippen LogP contribution is -2.35. The third-order valence-corrected chi connectivity index (χ3v) is 5.00. The van der Waals surface area contributed by atoms with E-state index >= 15 is 0 Å². The van der Waals surface area contributed by atoms with Crippen molar-refractivity contribution in [2.24, 2.45) is 5.92 Å². The molecule has 2 aliphatic rings. The molecule has 1 aromatic carbocycles. The minimum absolute atomic E-state index is 0.291. The second-order valence-electron chi connectivity index (χ2n) is 5.26. The Bertz CT molecular complexity index is 457. The first kappa shape index (κ1) is 13.0. The summed E-state index contributed by atoms with van der Waals surface area (Å²) in [5.74, 6) is 1.99. The van der Waals surface area contributed by atoms with Crippen molar-refractivity contribution in [3.8, 4) is 0 Å². The van der Waals surface area contributed by atoms with Crippen LogP contribution in [0.25, 0.3) is 0 Å². The molecule has 2 aliphatic heterocycles. The van der Waals surface area contributed by atoms with Crippen LogP contribution in [0.4, 0.5) is 5.69 Å². The van der Waals surface area contributed by atoms with Crippen LogP contribution in [0.15, 0.2) is 29.2 Å². The highest BCUT2D eigenvalue weighted by Gasteiger charge is 2.23. The average Bonchev–Trinajstić information content (AvgIpc) is 2.97. The zero-order chi connectivity index (χ0) is 13.1. The maximum Gasteiger partial charge on any atom is 0.227 e. The number of amides is 1. The summed E-state index contributed by atoms with van der Waals surface area (Å²) >= 11 is 1.85. The van der Waals surface area contributed by atoms with Gasteiger partial charge in [-0.2, -0.15) is 0 Å². The molecular weight excluding hydrogens is 256 g/mol. The van der Waals surface area contributed by atoms with Crippen molar-refractivity contribution in [2.45, 2.75) is 24.2 Å². The van der Waals surface area contributed by atoms with E-state index in [1.807, 2.05) is 28.8 Å². The van der Waals surface area contributed by atoms with Crippen molar-refractivity contribution in [1.82, 2.24) is 5.32 Å². The van der Waals surface area contributed by atoms with E-state index in [9.17, 15) is 4.79 Å². The molecule has 0 saturated carbocycles. The van der Waals surface area contributed by atoms with Crippen LogP contribution in [0.3, 0.4) is 0 Å². The molecule has 1 amide bonds. The number of carbonyl (C=O) groups is 1. The Morgan fingerprint density at radius 2 is 2.32 bits per heavy atom. The summed E-state index contributed by atoms with van der Waals surface area (Å²) in [4.78, 5) is 15.6. The first-order valence-corrected chi connectivity index (χ1v) is 8.06. The summed E-state index contributed by atoms with van der Waals surface area (Å²) in [6.07, 6.45) is 2.93. The minimum Gasteiger partial charge on any atom is -0.316 e. The van der Waals surface area contributed by atoms with Gasteiger partial charge in [-0.3, -0.25) is 4.79 Å². The molecule has 3 rings (SSSR count). The molecule has 0 bridgehead atoms. The van der Waals surface area contributed by atoms with Gasteiger partial charge in [-0.25, -0.2) is 0 Å². The van der Waals surface area contributed by atoms with E-state index in [1.165, 1.54) is 11.3 Å². The number of anilines is 1. The zero-order valence-corrected chi connectivity index (χ0v) is 11.9. The van der Waals surface area contributed by atoms with E-state index < -0.39 is 0 Å². The molecule has 0 aromatic heterocycles. The molecular formula is C15H20N2OS. The number of hydrogen-bond donors (Lipinski definition) is 1. The summed E-state index contributed by atoms with van der Waals surface area (Å²) in [5, 5.41) is 3.36. The number of benzene rings is 1. The molecule has 1 N–H and O–H groups in total. The molecule has 4 heteroatoms. The largest absolute Gasteiger partial charge is 0.316 e. The van der Waals surface area contributed by atoms with E-state index in [2.05, 4.69) is 17.4 Å². The Morgan fingerprint density at radius 1 is 1.42 bits per heavy atom. The Morgan fingerprint density at radius 3 is 3.16 bits per heavy atom. The summed E-state index contributed by atoms with van der Waals surface area (Å²) in [5.41, 5.74) is 1.10. The molecule has 2 heterocycles. The highest BCUT2D eigenvalue weighted by atomic mass is 32.2. The molecule has 3 nitrogen and oxygen atoms in total. The Labute approximate surface area is 118 Å². The van der Waals surface area contributed by atoms with Crippen molar-refractivity contribution in [3.63, 3.8) is 0 Å². The van der Waals surface area contributed by atoms with Gasteiger partial charge in [0.1, 0.15) is 0 Å². The Kier molecular flexibility index (Phi) is 4.09. The lowest BCUT2D eigenvalue weighted by atomic mass is 10.0. The van der Waals surface area contributed by atoms with Crippen LogP contribution in [0.2, 0.25) is 0 Å². The SMILES string of the molecule is O=C(CCC1CCNC1)N1CCSc2ccccc21. The van der Waals surface area contributed by atoms with Gasteiger partial charge in [0.05, 0.1) is 5.69 Å². The van der Waals surface area contributed by atoms with Crippen LogP contribution in [0.5, 0.6) is 0 Å². The third kappa shape index (κ3) is 2.95. The second kappa shape index (κ2) is 5.97. The van der Waals surface area contributed by atoms with Crippen LogP contribution in [-0.2, 0) is 4.79 Å². The Hall–Kier alpha value is -1.00. The molecule has 0 aliphatic carbocycles. The molecule has 1 atom stereocenters. The molecule has 1 unspecified atom stereocenters. The van der Waals surface area contributed by atoms with Gasteiger partial charge in [0, 0.05) is 23.6 Å². The van der Waals surface area contributed by atoms with Crippen molar-refractivity contribution in [2.75, 3.05) is 30.3 Å². The van der Waals surface area contributed by atoms with Crippen molar-refractivity contribution < 1.29 is 4.79 Å². The smallest absolute Gasteiger partial charge is 0.227 e. The van der Waals surface area contributed by atoms with Crippen LogP contribution >= 0.6 is 11.8 Å². The predicted molar refractivity (Wildman–Crippen MR) is 79.7 cm³/mol. The molecule has 0 radical (unpaired) electrons. The number of nitrogens with one attached hydrogen (secondary N) is 1. The Balaban J connectivity index is 1.64. The zero-order valence-electron chi connectivity index (χ0n) is 11.1. The summed E-state index contributed by atoms with van der Waals surface area (Å²) in [6, 6.07) is 8.24. The molecule has 1 fully saturated rings. The van der Waals surface area contributed by atoms with Crippen molar-refractivity contribution in [1.29, 1.82) is 0 Å². The predicted octanol–water partition coefficient (Wildman–Crippen LogP) is 2.52. The van der Waals surface area contributed by atoms with Gasteiger partial charge in [-0.15, -0.1) is 11.8 Å². The van der Waals surface area contributed by atoms with E-state index in [-0.39, 0.29) is 0 Å². The van der Waals surface area contributed by atoms with Gasteiger partial charge in [0.2, 0.25) is 5.91 Å². The van der Waals surface area contributed by atoms with Gasteiger partial charge in [-0.05, 0) is 44.0 Å². The highest BCUT2D eigenvalue weighted by molar-refractivity contribution is 7.99. The van der Waals surface area contributed by atoms with Gasteiger partial charge >= 0.3 is 0 Å². The number of carbonyl (C=O) groups excluding carboxylic acids is 1. The fraction of sp³-hybridized carbons (Fsp3) is 0.533. The average molecular weight is 276 g/mol. The van der Waals surface area contributed by atoms with Gasteiger partial charge in [-0.1, -0.05) is 12.1 Å². The molecule has 19 heavy (non-hydrogen) atoms. The van der Waals surface area contributed by atoms with E-state index in [4.69, 9.17) is 0 Å². The summed E-state index contributed by atoms with van der Waals surface area (Å²) in [7, 11) is 0. The number of hydrogen-bond acceptors (Lipinski definition) is 3. The van der Waals surface area contributed by atoms with Crippen LogP contribution in [0, 0.1) is 5.92 Å². The fourth-order valence-corrected chi connectivity index (χ4v) is 3.85. The lowest BCUT2D eigenvalue weighted by Gasteiger charge is -2.29. The first-order chi connectivity index (χ1) is 9.34. The number of para-hydroxylation sites is 1. The quantitative estimate of drug-likeness (QED) is 0.920. The van der Waals surface area contributed by atoms with Crippen molar-refractivity contribution in [3.05, 3.63) is 24.3 Å². The normalized spacial score (nSPS) is 22.3. The summed E-state index contributed by atoms with van der Waals surface area (Å²) in [6.45, 7) is 3.05. The molecule has 1 saturated heterocycles. The minimum atomic E-state index is 0.291. The maximum absolute atomic E-state index is 12.4. The summed E-state index contributed by atoms with van der Waals surface area (Å²) < 4.78 is 0. The standard InChI is InChI=1S/C15H20N2OS/c18-15(6-5-12-7-8-16-11-12)17-9-10-19-14-4-2-1-3-13(14)17/h1-4,12,16H,5-11H2. The third-order valence-electron chi connectivity index (χ3n) is 3.96. The lowest BCUT2D eigenvalue weighted by molar-refractivity contribution is -0.118. The number of nitrogens with zero attached hydrogens (tertiary/aromatic N) is 1. The maximum atomic E-state index is 12.4. The van der Waals surface area contributed by atoms with Crippen LogP contribution in [-0.4, -0.2) is 31.3 Å². The highest BCUT2D eigenvalue weighted by Crippen LogP contribution is 2.34. The number of thioether (sulfide) groups is 1. The van der Waals surface area contributed by atoms with Crippen LogP contribution in [0.1, 0.15) is 19.3 Å². The molecule has 1 aromatic rings. The topological polar surface area (TPSA) is 32.3 Å². The number of fused-ring (bicyclic) bond motifs is 1. The fourth-order valence-electron chi connectivity index (χ4n) is 2.85. The van der Waals surface area contributed by atoms with E-state index in [1.54, 1.807) is 0 Å². The first-order valence-electron chi connectivity index (χ1n) is 7.07. The van der Waals surface area contributed by atoms with Gasteiger partial charge in [0.25, 0.3) is 0 Å². The van der Waals surface area contributed by atoms with Gasteiger partial charge < -0.3 is 10.2 Å². The van der Waals surface area contributed by atoms with Gasteiger partial charge in [0.15, 0.2) is 0 Å². The monoisotopic (exact) mass is 276 g/mol. The number of rotatable bonds is 3. The molecule has 102 valence electrons. The van der Waals surface area contributed by atoms with E-state index in [0.717, 1.165) is 37.5 Å². The van der Waals surface area contributed by atoms with Crippen molar-refractivity contribution >= 4 is 23.4 Å². The van der Waals surface area contributed by atoms with E-state index in [0.29, 0.717) is 18.2 Å². The second-order valence-corrected chi connectivity index (χ2v) is 6.40.